The summed E-state index contributed by atoms with van der Waals surface area (Å²) in [4.78, 5) is 6.94. The van der Waals surface area contributed by atoms with Crippen LogP contribution in [-0.2, 0) is 0 Å². The fourth-order valence-corrected chi connectivity index (χ4v) is 3.17. The van der Waals surface area contributed by atoms with E-state index in [0.29, 0.717) is 12.1 Å². The highest BCUT2D eigenvalue weighted by atomic mass is 32.2. The van der Waals surface area contributed by atoms with Crippen LogP contribution in [0.5, 0.6) is 0 Å². The van der Waals surface area contributed by atoms with Gasteiger partial charge in [0.1, 0.15) is 5.82 Å². The molecule has 0 aliphatic heterocycles. The third kappa shape index (κ3) is 4.39. The monoisotopic (exact) mass is 281 g/mol. The molecular weight excluding hydrogens is 254 g/mol. The lowest BCUT2D eigenvalue weighted by Crippen LogP contribution is -2.35. The third-order valence-corrected chi connectivity index (χ3v) is 4.22. The summed E-state index contributed by atoms with van der Waals surface area (Å²) in [6.07, 6.45) is 5.19. The molecule has 0 bridgehead atoms. The average molecular weight is 281 g/mol. The molecule has 0 saturated carbocycles. The highest BCUT2D eigenvalue weighted by Gasteiger charge is 2.19. The standard InChI is InChI=1S/C15H27N3S/c1-6-13(11-19-5)18(4)15-14(9-8-10-17-15)12(3)16-7-2/h8-10,12-13,16H,6-7,11H2,1-5H3. The van der Waals surface area contributed by atoms with Crippen molar-refractivity contribution in [2.75, 3.05) is 30.5 Å². The Labute approximate surface area is 122 Å². The fourth-order valence-electron chi connectivity index (χ4n) is 2.33. The van der Waals surface area contributed by atoms with Crippen LogP contribution >= 0.6 is 11.8 Å². The van der Waals surface area contributed by atoms with Gasteiger partial charge < -0.3 is 10.2 Å². The molecule has 2 unspecified atom stereocenters. The van der Waals surface area contributed by atoms with Gasteiger partial charge in [0, 0.05) is 36.6 Å². The van der Waals surface area contributed by atoms with Crippen molar-refractivity contribution < 1.29 is 0 Å². The van der Waals surface area contributed by atoms with E-state index in [1.54, 1.807) is 0 Å². The molecule has 1 aromatic heterocycles. The maximum atomic E-state index is 4.61. The summed E-state index contributed by atoms with van der Waals surface area (Å²) < 4.78 is 0. The van der Waals surface area contributed by atoms with Crippen LogP contribution in [0, 0.1) is 0 Å². The molecule has 0 spiro atoms. The van der Waals surface area contributed by atoms with Crippen LogP contribution < -0.4 is 10.2 Å². The van der Waals surface area contributed by atoms with Crippen LogP contribution in [0.1, 0.15) is 38.8 Å². The lowest BCUT2D eigenvalue weighted by Gasteiger charge is -2.30. The Kier molecular flexibility index (Phi) is 7.24. The minimum atomic E-state index is 0.336. The first-order valence-corrected chi connectivity index (χ1v) is 8.45. The quantitative estimate of drug-likeness (QED) is 0.791. The maximum Gasteiger partial charge on any atom is 0.133 e. The van der Waals surface area contributed by atoms with Gasteiger partial charge in [-0.3, -0.25) is 0 Å². The van der Waals surface area contributed by atoms with E-state index in [1.807, 2.05) is 24.0 Å². The van der Waals surface area contributed by atoms with E-state index in [4.69, 9.17) is 0 Å². The van der Waals surface area contributed by atoms with Gasteiger partial charge in [-0.25, -0.2) is 4.98 Å². The van der Waals surface area contributed by atoms with Crippen molar-refractivity contribution in [1.82, 2.24) is 10.3 Å². The fraction of sp³-hybridized carbons (Fsp3) is 0.667. The van der Waals surface area contributed by atoms with Crippen molar-refractivity contribution in [2.45, 2.75) is 39.3 Å². The SMILES string of the molecule is CCNC(C)c1cccnc1N(C)C(CC)CSC. The van der Waals surface area contributed by atoms with Crippen molar-refractivity contribution in [3.8, 4) is 0 Å². The van der Waals surface area contributed by atoms with Gasteiger partial charge in [0.25, 0.3) is 0 Å². The predicted molar refractivity (Wildman–Crippen MR) is 87.2 cm³/mol. The van der Waals surface area contributed by atoms with Crippen molar-refractivity contribution in [3.05, 3.63) is 23.9 Å². The normalized spacial score (nSPS) is 14.2. The first kappa shape index (κ1) is 16.3. The molecule has 0 radical (unpaired) electrons. The van der Waals surface area contributed by atoms with Crippen molar-refractivity contribution in [2.24, 2.45) is 0 Å². The first-order valence-electron chi connectivity index (χ1n) is 7.05. The van der Waals surface area contributed by atoms with Gasteiger partial charge in [-0.05, 0) is 32.2 Å². The smallest absolute Gasteiger partial charge is 0.133 e. The molecular formula is C15H27N3S. The summed E-state index contributed by atoms with van der Waals surface area (Å²) >= 11 is 1.90. The Balaban J connectivity index is 2.98. The van der Waals surface area contributed by atoms with E-state index in [2.05, 4.69) is 55.3 Å². The molecule has 19 heavy (non-hydrogen) atoms. The molecule has 2 atom stereocenters. The van der Waals surface area contributed by atoms with E-state index in [0.717, 1.165) is 24.5 Å². The van der Waals surface area contributed by atoms with Crippen LogP contribution in [0.25, 0.3) is 0 Å². The van der Waals surface area contributed by atoms with E-state index in [9.17, 15) is 0 Å². The third-order valence-electron chi connectivity index (χ3n) is 3.51. The molecule has 1 rings (SSSR count). The second-order valence-corrected chi connectivity index (χ2v) is 5.73. The minimum Gasteiger partial charge on any atom is -0.356 e. The second kappa shape index (κ2) is 8.43. The Bertz CT molecular complexity index is 370. The van der Waals surface area contributed by atoms with Crippen molar-refractivity contribution in [1.29, 1.82) is 0 Å². The number of nitrogens with one attached hydrogen (secondary N) is 1. The lowest BCUT2D eigenvalue weighted by molar-refractivity contribution is 0.587. The number of nitrogens with zero attached hydrogens (tertiary/aromatic N) is 2. The Morgan fingerprint density at radius 1 is 1.42 bits per heavy atom. The summed E-state index contributed by atoms with van der Waals surface area (Å²) in [5, 5.41) is 3.47. The summed E-state index contributed by atoms with van der Waals surface area (Å²) in [6, 6.07) is 5.08. The zero-order valence-electron chi connectivity index (χ0n) is 12.8. The number of aromatic nitrogens is 1. The second-order valence-electron chi connectivity index (χ2n) is 4.82. The summed E-state index contributed by atoms with van der Waals surface area (Å²) in [5.74, 6) is 2.25. The molecule has 1 heterocycles. The van der Waals surface area contributed by atoms with Crippen molar-refractivity contribution in [3.63, 3.8) is 0 Å². The predicted octanol–water partition coefficient (Wildman–Crippen LogP) is 3.33. The Morgan fingerprint density at radius 3 is 2.74 bits per heavy atom. The van der Waals surface area contributed by atoms with Crippen LogP contribution in [0.4, 0.5) is 5.82 Å². The topological polar surface area (TPSA) is 28.2 Å². The number of anilines is 1. The van der Waals surface area contributed by atoms with E-state index >= 15 is 0 Å². The molecule has 3 nitrogen and oxygen atoms in total. The summed E-state index contributed by atoms with van der Waals surface area (Å²) in [6.45, 7) is 7.56. The van der Waals surface area contributed by atoms with Gasteiger partial charge in [0.05, 0.1) is 0 Å². The van der Waals surface area contributed by atoms with Gasteiger partial charge >= 0.3 is 0 Å². The highest BCUT2D eigenvalue weighted by molar-refractivity contribution is 7.98. The summed E-state index contributed by atoms with van der Waals surface area (Å²) in [5.41, 5.74) is 1.28. The molecule has 108 valence electrons. The highest BCUT2D eigenvalue weighted by Crippen LogP contribution is 2.25. The number of pyridine rings is 1. The number of hydrogen-bond acceptors (Lipinski definition) is 4. The van der Waals surface area contributed by atoms with Gasteiger partial charge in [0.2, 0.25) is 0 Å². The van der Waals surface area contributed by atoms with Crippen LogP contribution in [0.3, 0.4) is 0 Å². The van der Waals surface area contributed by atoms with Gasteiger partial charge in [-0.15, -0.1) is 0 Å². The van der Waals surface area contributed by atoms with Crippen molar-refractivity contribution >= 4 is 17.6 Å². The van der Waals surface area contributed by atoms with Gasteiger partial charge in [-0.2, -0.15) is 11.8 Å². The molecule has 0 saturated heterocycles. The number of thioether (sulfide) groups is 1. The van der Waals surface area contributed by atoms with E-state index in [1.165, 1.54) is 5.56 Å². The molecule has 4 heteroatoms. The zero-order chi connectivity index (χ0) is 14.3. The molecule has 1 N–H and O–H groups in total. The van der Waals surface area contributed by atoms with Gasteiger partial charge in [-0.1, -0.05) is 19.9 Å². The van der Waals surface area contributed by atoms with Crippen LogP contribution in [0.2, 0.25) is 0 Å². The van der Waals surface area contributed by atoms with Crippen LogP contribution in [0.15, 0.2) is 18.3 Å². The molecule has 0 aromatic carbocycles. The average Bonchev–Trinajstić information content (AvgIpc) is 2.44. The molecule has 0 amide bonds. The van der Waals surface area contributed by atoms with E-state index in [-0.39, 0.29) is 0 Å². The number of hydrogen-bond donors (Lipinski definition) is 1. The largest absolute Gasteiger partial charge is 0.356 e. The Hall–Kier alpha value is -0.740. The van der Waals surface area contributed by atoms with Gasteiger partial charge in [0.15, 0.2) is 0 Å². The van der Waals surface area contributed by atoms with Crippen LogP contribution in [-0.4, -0.2) is 36.6 Å². The number of rotatable bonds is 8. The summed E-state index contributed by atoms with van der Waals surface area (Å²) in [7, 11) is 2.16. The molecule has 1 aromatic rings. The zero-order valence-corrected chi connectivity index (χ0v) is 13.6. The first-order chi connectivity index (χ1) is 9.15. The molecule has 0 fully saturated rings. The van der Waals surface area contributed by atoms with E-state index < -0.39 is 0 Å². The molecule has 0 aliphatic rings. The maximum absolute atomic E-state index is 4.61. The molecule has 0 aliphatic carbocycles. The minimum absolute atomic E-state index is 0.336. The Morgan fingerprint density at radius 2 is 2.16 bits per heavy atom. The lowest BCUT2D eigenvalue weighted by atomic mass is 10.1.